The molecule has 0 aromatic carbocycles. The Morgan fingerprint density at radius 3 is 2.56 bits per heavy atom. The third-order valence-electron chi connectivity index (χ3n) is 3.41. The number of nitrogens with two attached hydrogens (primary N) is 1. The lowest BCUT2D eigenvalue weighted by atomic mass is 9.80. The van der Waals surface area contributed by atoms with Crippen LogP contribution in [0.25, 0.3) is 0 Å². The smallest absolute Gasteiger partial charge is 0.0500 e. The zero-order chi connectivity index (χ0) is 12.0. The SMILES string of the molecule is CC(C)COCCC(CN)(CO)CC1CC1. The van der Waals surface area contributed by atoms with Crippen LogP contribution >= 0.6 is 0 Å². The Balaban J connectivity index is 2.25. The maximum absolute atomic E-state index is 9.53. The first kappa shape index (κ1) is 13.9. The van der Waals surface area contributed by atoms with Crippen LogP contribution < -0.4 is 5.73 Å². The van der Waals surface area contributed by atoms with Crippen LogP contribution in [-0.4, -0.2) is 31.5 Å². The van der Waals surface area contributed by atoms with Crippen LogP contribution in [0, 0.1) is 17.3 Å². The van der Waals surface area contributed by atoms with Crippen LogP contribution in [0.2, 0.25) is 0 Å². The summed E-state index contributed by atoms with van der Waals surface area (Å²) in [6, 6.07) is 0. The van der Waals surface area contributed by atoms with E-state index in [1.165, 1.54) is 12.8 Å². The number of hydrogen-bond donors (Lipinski definition) is 2. The van der Waals surface area contributed by atoms with Crippen molar-refractivity contribution in [1.82, 2.24) is 0 Å². The minimum atomic E-state index is -0.0852. The molecule has 1 rings (SSSR count). The molecule has 1 unspecified atom stereocenters. The second-order valence-corrected chi connectivity index (χ2v) is 5.73. The minimum Gasteiger partial charge on any atom is -0.396 e. The molecule has 0 radical (unpaired) electrons. The normalized spacial score (nSPS) is 20.1. The molecule has 0 aromatic heterocycles. The number of aliphatic hydroxyl groups excluding tert-OH is 1. The largest absolute Gasteiger partial charge is 0.396 e. The number of rotatable bonds is 9. The van der Waals surface area contributed by atoms with Crippen molar-refractivity contribution in [2.24, 2.45) is 23.0 Å². The molecule has 0 aromatic rings. The monoisotopic (exact) mass is 229 g/mol. The molecule has 0 amide bonds. The summed E-state index contributed by atoms with van der Waals surface area (Å²) in [5.74, 6) is 1.38. The number of ether oxygens (including phenoxy) is 1. The average Bonchev–Trinajstić information content (AvgIpc) is 3.06. The zero-order valence-corrected chi connectivity index (χ0v) is 10.7. The fraction of sp³-hybridized carbons (Fsp3) is 1.00. The van der Waals surface area contributed by atoms with E-state index >= 15 is 0 Å². The molecule has 3 N–H and O–H groups in total. The van der Waals surface area contributed by atoms with E-state index in [1.807, 2.05) is 0 Å². The first-order valence-corrected chi connectivity index (χ1v) is 6.50. The molecule has 1 aliphatic carbocycles. The van der Waals surface area contributed by atoms with Crippen molar-refractivity contribution < 1.29 is 9.84 Å². The number of hydrogen-bond acceptors (Lipinski definition) is 3. The van der Waals surface area contributed by atoms with Gasteiger partial charge in [-0.2, -0.15) is 0 Å². The van der Waals surface area contributed by atoms with Gasteiger partial charge in [0.05, 0.1) is 0 Å². The van der Waals surface area contributed by atoms with Gasteiger partial charge in [0, 0.05) is 31.8 Å². The standard InChI is InChI=1S/C13H27NO2/c1-11(2)8-16-6-5-13(9-14,10-15)7-12-3-4-12/h11-12,15H,3-10,14H2,1-2H3. The number of aliphatic hydroxyl groups is 1. The molecule has 96 valence electrons. The molecule has 0 saturated heterocycles. The zero-order valence-electron chi connectivity index (χ0n) is 10.7. The van der Waals surface area contributed by atoms with E-state index < -0.39 is 0 Å². The molecule has 0 heterocycles. The lowest BCUT2D eigenvalue weighted by molar-refractivity contribution is 0.0437. The highest BCUT2D eigenvalue weighted by Crippen LogP contribution is 2.41. The fourth-order valence-electron chi connectivity index (χ4n) is 2.04. The van der Waals surface area contributed by atoms with Gasteiger partial charge in [-0.25, -0.2) is 0 Å². The molecule has 0 spiro atoms. The van der Waals surface area contributed by atoms with Crippen molar-refractivity contribution in [2.75, 3.05) is 26.4 Å². The Morgan fingerprint density at radius 1 is 1.44 bits per heavy atom. The molecule has 0 bridgehead atoms. The average molecular weight is 229 g/mol. The van der Waals surface area contributed by atoms with Crippen LogP contribution in [-0.2, 0) is 4.74 Å². The van der Waals surface area contributed by atoms with E-state index in [4.69, 9.17) is 10.5 Å². The van der Waals surface area contributed by atoms with E-state index in [2.05, 4.69) is 13.8 Å². The summed E-state index contributed by atoms with van der Waals surface area (Å²) in [6.45, 7) is 6.59. The van der Waals surface area contributed by atoms with E-state index in [9.17, 15) is 5.11 Å². The van der Waals surface area contributed by atoms with Crippen LogP contribution in [0.3, 0.4) is 0 Å². The Morgan fingerprint density at radius 2 is 2.12 bits per heavy atom. The third kappa shape index (κ3) is 4.81. The van der Waals surface area contributed by atoms with Crippen molar-refractivity contribution in [3.8, 4) is 0 Å². The minimum absolute atomic E-state index is 0.0852. The Kier molecular flexibility index (Phi) is 5.73. The van der Waals surface area contributed by atoms with Crippen LogP contribution in [0.5, 0.6) is 0 Å². The van der Waals surface area contributed by atoms with Gasteiger partial charge < -0.3 is 15.6 Å². The van der Waals surface area contributed by atoms with E-state index in [1.54, 1.807) is 0 Å². The Bertz CT molecular complexity index is 186. The van der Waals surface area contributed by atoms with E-state index in [-0.39, 0.29) is 12.0 Å². The quantitative estimate of drug-likeness (QED) is 0.593. The van der Waals surface area contributed by atoms with Gasteiger partial charge in [-0.15, -0.1) is 0 Å². The van der Waals surface area contributed by atoms with Crippen molar-refractivity contribution in [2.45, 2.75) is 39.5 Å². The van der Waals surface area contributed by atoms with Gasteiger partial charge in [0.2, 0.25) is 0 Å². The van der Waals surface area contributed by atoms with Gasteiger partial charge in [-0.05, 0) is 24.7 Å². The van der Waals surface area contributed by atoms with Gasteiger partial charge in [0.1, 0.15) is 0 Å². The van der Waals surface area contributed by atoms with E-state index in [0.29, 0.717) is 12.5 Å². The first-order chi connectivity index (χ1) is 7.62. The molecular weight excluding hydrogens is 202 g/mol. The third-order valence-corrected chi connectivity index (χ3v) is 3.41. The van der Waals surface area contributed by atoms with Crippen LogP contribution in [0.4, 0.5) is 0 Å². The van der Waals surface area contributed by atoms with E-state index in [0.717, 1.165) is 32.0 Å². The summed E-state index contributed by atoms with van der Waals surface area (Å²) in [5.41, 5.74) is 5.74. The maximum atomic E-state index is 9.53. The molecule has 1 fully saturated rings. The van der Waals surface area contributed by atoms with Gasteiger partial charge in [-0.3, -0.25) is 0 Å². The molecule has 16 heavy (non-hydrogen) atoms. The highest BCUT2D eigenvalue weighted by Gasteiger charge is 2.35. The summed E-state index contributed by atoms with van der Waals surface area (Å²) < 4.78 is 5.59. The highest BCUT2D eigenvalue weighted by atomic mass is 16.5. The van der Waals surface area contributed by atoms with Crippen molar-refractivity contribution in [1.29, 1.82) is 0 Å². The molecule has 3 heteroatoms. The van der Waals surface area contributed by atoms with Gasteiger partial charge in [-0.1, -0.05) is 26.7 Å². The van der Waals surface area contributed by atoms with Crippen molar-refractivity contribution in [3.63, 3.8) is 0 Å². The van der Waals surface area contributed by atoms with Gasteiger partial charge in [0.15, 0.2) is 0 Å². The predicted molar refractivity (Wildman–Crippen MR) is 66.2 cm³/mol. The summed E-state index contributed by atoms with van der Waals surface area (Å²) in [7, 11) is 0. The Labute approximate surface area is 99.4 Å². The van der Waals surface area contributed by atoms with Gasteiger partial charge in [0.25, 0.3) is 0 Å². The van der Waals surface area contributed by atoms with Crippen LogP contribution in [0.1, 0.15) is 39.5 Å². The maximum Gasteiger partial charge on any atom is 0.0500 e. The molecule has 1 atom stereocenters. The highest BCUT2D eigenvalue weighted by molar-refractivity contribution is 4.87. The molecule has 3 nitrogen and oxygen atoms in total. The van der Waals surface area contributed by atoms with Gasteiger partial charge >= 0.3 is 0 Å². The second-order valence-electron chi connectivity index (χ2n) is 5.73. The topological polar surface area (TPSA) is 55.5 Å². The lowest BCUT2D eigenvalue weighted by Gasteiger charge is -2.30. The fourth-order valence-corrected chi connectivity index (χ4v) is 2.04. The molecule has 1 saturated carbocycles. The van der Waals surface area contributed by atoms with Crippen molar-refractivity contribution >= 4 is 0 Å². The summed E-state index contributed by atoms with van der Waals surface area (Å²) in [6.07, 6.45) is 4.59. The summed E-state index contributed by atoms with van der Waals surface area (Å²) in [5, 5.41) is 9.53. The predicted octanol–water partition coefficient (Wildman–Crippen LogP) is 1.79. The lowest BCUT2D eigenvalue weighted by Crippen LogP contribution is -2.36. The Hall–Kier alpha value is -0.120. The van der Waals surface area contributed by atoms with Crippen molar-refractivity contribution in [3.05, 3.63) is 0 Å². The second kappa shape index (κ2) is 6.58. The summed E-state index contributed by atoms with van der Waals surface area (Å²) >= 11 is 0. The molecular formula is C13H27NO2. The van der Waals surface area contributed by atoms with Crippen LogP contribution in [0.15, 0.2) is 0 Å². The molecule has 1 aliphatic rings. The summed E-state index contributed by atoms with van der Waals surface area (Å²) in [4.78, 5) is 0. The first-order valence-electron chi connectivity index (χ1n) is 6.50. The molecule has 0 aliphatic heterocycles.